The van der Waals surface area contributed by atoms with Gasteiger partial charge < -0.3 is 54.3 Å². The third-order valence-corrected chi connectivity index (χ3v) is 15.8. The lowest BCUT2D eigenvalue weighted by atomic mass is 9.47. The molecule has 12 heteroatoms. The monoisotopic (exact) mass is 721 g/mol. The molecular weight excluding hydrogens is 658 g/mol. The molecule has 3 saturated carbocycles. The number of fused-ring (bicyclic) bond motifs is 7. The minimum atomic E-state index is -1.71. The van der Waals surface area contributed by atoms with E-state index in [-0.39, 0.29) is 23.9 Å². The summed E-state index contributed by atoms with van der Waals surface area (Å²) in [6.45, 7) is 12.3. The number of rotatable bonds is 5. The van der Waals surface area contributed by atoms with E-state index < -0.39 is 61.4 Å². The molecule has 4 heterocycles. The van der Waals surface area contributed by atoms with E-state index in [1.165, 1.54) is 31.3 Å². The molecule has 0 amide bonds. The minimum Gasteiger partial charge on any atom is -0.388 e. The summed E-state index contributed by atoms with van der Waals surface area (Å²) in [7, 11) is 0. The Kier molecular flexibility index (Phi) is 9.83. The fraction of sp³-hybridized carbons (Fsp3) is 0.949. The lowest BCUT2D eigenvalue weighted by Crippen LogP contribution is -2.61. The van der Waals surface area contributed by atoms with Crippen molar-refractivity contribution in [3.63, 3.8) is 0 Å². The van der Waals surface area contributed by atoms with Crippen LogP contribution in [0.5, 0.6) is 0 Å². The van der Waals surface area contributed by atoms with Gasteiger partial charge in [0.1, 0.15) is 48.5 Å². The molecule has 1 spiro atoms. The quantitative estimate of drug-likeness (QED) is 0.206. The van der Waals surface area contributed by atoms with E-state index in [0.717, 1.165) is 38.6 Å². The second-order valence-electron chi connectivity index (χ2n) is 18.5. The summed E-state index contributed by atoms with van der Waals surface area (Å²) in [5, 5.41) is 66.1. The van der Waals surface area contributed by atoms with Crippen molar-refractivity contribution in [2.45, 2.75) is 172 Å². The number of allylic oxidation sites excluding steroid dienone is 1. The predicted octanol–water partition coefficient (Wildman–Crippen LogP) is 1.96. The highest BCUT2D eigenvalue weighted by molar-refractivity contribution is 5.26. The van der Waals surface area contributed by atoms with Gasteiger partial charge in [-0.25, -0.2) is 0 Å². The van der Waals surface area contributed by atoms with Crippen molar-refractivity contribution in [2.24, 2.45) is 46.3 Å². The van der Waals surface area contributed by atoms with Crippen LogP contribution in [-0.2, 0) is 23.7 Å². The number of aliphatic hydroxyl groups is 6. The van der Waals surface area contributed by atoms with Crippen LogP contribution in [0, 0.1) is 46.3 Å². The van der Waals surface area contributed by atoms with Crippen LogP contribution in [0.25, 0.3) is 0 Å². The topological polar surface area (TPSA) is 180 Å². The van der Waals surface area contributed by atoms with Gasteiger partial charge in [0.2, 0.25) is 0 Å². The molecule has 0 aromatic carbocycles. The van der Waals surface area contributed by atoms with E-state index >= 15 is 0 Å². The fourth-order valence-electron chi connectivity index (χ4n) is 12.7. The van der Waals surface area contributed by atoms with Crippen LogP contribution in [0.3, 0.4) is 0 Å². The zero-order valence-corrected chi connectivity index (χ0v) is 31.0. The molecule has 8 rings (SSSR count). The summed E-state index contributed by atoms with van der Waals surface area (Å²) >= 11 is 0. The van der Waals surface area contributed by atoms with E-state index in [0.29, 0.717) is 47.0 Å². The maximum Gasteiger partial charge on any atom is 0.186 e. The van der Waals surface area contributed by atoms with Crippen molar-refractivity contribution < 1.29 is 54.3 Å². The van der Waals surface area contributed by atoms with Crippen molar-refractivity contribution in [2.75, 3.05) is 13.2 Å². The Hall–Kier alpha value is -0.740. The highest BCUT2D eigenvalue weighted by atomic mass is 16.7. The molecule has 7 fully saturated rings. The molecule has 7 N–H and O–H groups in total. The zero-order valence-electron chi connectivity index (χ0n) is 31.0. The van der Waals surface area contributed by atoms with Gasteiger partial charge in [0.05, 0.1) is 24.9 Å². The van der Waals surface area contributed by atoms with E-state index in [2.05, 4.69) is 39.1 Å². The summed E-state index contributed by atoms with van der Waals surface area (Å²) in [4.78, 5) is 0. The lowest BCUT2D eigenvalue weighted by molar-refractivity contribution is -0.324. The maximum absolute atomic E-state index is 11.3. The summed E-state index contributed by atoms with van der Waals surface area (Å²) < 4.78 is 30.6. The fourth-order valence-corrected chi connectivity index (χ4v) is 12.7. The van der Waals surface area contributed by atoms with Crippen molar-refractivity contribution in [1.29, 1.82) is 0 Å². The van der Waals surface area contributed by atoms with Crippen LogP contribution in [-0.4, -0.2) is 123 Å². The SMILES string of the molecule is C[C@H]1CC[C@@]2(NC1)O[C@@H]1C[C@H]3[C@H]4CC=C5C[C@H](O[C@@H]6O[C@H](C)[C@@H](O)[C@H](OC[C@@H]7O[C@H](O)[C@@H](O)[C@H](O)[C@H]7O)[C@@H]6O)CC[C@]5(C)[C@H]4CC[C@]3(C)[C@H]1[C@H]2C. The van der Waals surface area contributed by atoms with Gasteiger partial charge in [-0.2, -0.15) is 0 Å². The second kappa shape index (κ2) is 13.5. The Bertz CT molecular complexity index is 1310. The lowest BCUT2D eigenvalue weighted by Gasteiger charge is -2.59. The zero-order chi connectivity index (χ0) is 36.2. The largest absolute Gasteiger partial charge is 0.388 e. The maximum atomic E-state index is 11.3. The van der Waals surface area contributed by atoms with E-state index in [1.807, 2.05) is 0 Å². The first-order valence-corrected chi connectivity index (χ1v) is 20.0. The van der Waals surface area contributed by atoms with Gasteiger partial charge in [-0.05, 0) is 105 Å². The molecule has 4 saturated heterocycles. The molecule has 290 valence electrons. The molecule has 8 aliphatic rings. The van der Waals surface area contributed by atoms with E-state index in [4.69, 9.17) is 23.7 Å². The van der Waals surface area contributed by atoms with Crippen molar-refractivity contribution in [3.05, 3.63) is 11.6 Å². The molecule has 4 aliphatic heterocycles. The van der Waals surface area contributed by atoms with Crippen LogP contribution in [0.15, 0.2) is 11.6 Å². The summed E-state index contributed by atoms with van der Waals surface area (Å²) in [6.07, 6.45) is -0.634. The minimum absolute atomic E-state index is 0.112. The average Bonchev–Trinajstić information content (AvgIpc) is 3.55. The van der Waals surface area contributed by atoms with Crippen LogP contribution >= 0.6 is 0 Å². The molecule has 4 aliphatic carbocycles. The van der Waals surface area contributed by atoms with Crippen LogP contribution in [0.1, 0.15) is 92.4 Å². The van der Waals surface area contributed by atoms with Crippen molar-refractivity contribution in [1.82, 2.24) is 5.32 Å². The number of hydrogen-bond acceptors (Lipinski definition) is 12. The summed E-state index contributed by atoms with van der Waals surface area (Å²) in [5.41, 5.74) is 1.73. The molecular formula is C39H63NO11. The smallest absolute Gasteiger partial charge is 0.186 e. The number of ether oxygens (including phenoxy) is 5. The van der Waals surface area contributed by atoms with E-state index in [1.54, 1.807) is 6.92 Å². The predicted molar refractivity (Wildman–Crippen MR) is 184 cm³/mol. The van der Waals surface area contributed by atoms with Crippen molar-refractivity contribution in [3.8, 4) is 0 Å². The average molecular weight is 722 g/mol. The van der Waals surface area contributed by atoms with Gasteiger partial charge in [0.15, 0.2) is 12.6 Å². The van der Waals surface area contributed by atoms with Crippen molar-refractivity contribution >= 4 is 0 Å². The van der Waals surface area contributed by atoms with Gasteiger partial charge >= 0.3 is 0 Å². The Morgan fingerprint density at radius 1 is 0.863 bits per heavy atom. The Balaban J connectivity index is 0.910. The third-order valence-electron chi connectivity index (χ3n) is 15.8. The van der Waals surface area contributed by atoms with Gasteiger partial charge in [0, 0.05) is 12.5 Å². The molecule has 0 radical (unpaired) electrons. The molecule has 12 nitrogen and oxygen atoms in total. The molecule has 0 bridgehead atoms. The standard InChI is InChI=1S/C39H63NO11/c1-18-8-13-39(40-16-18)19(2)28-26(51-39)15-25-23-7-6-21-14-22(9-11-37(21,4)24(23)10-12-38(25,28)5)49-36-33(45)34(29(41)20(3)48-36)47-17-27-30(42)31(43)32(44)35(46)50-27/h6,18-20,22-36,40-46H,7-17H2,1-5H3/t18-,19+,20+,22+,23-,24-,25-,26+,27-,28-,29+,30-,31+,32-,33-,34-,35-,36-,37-,38-,39+/m0/s1. The first-order chi connectivity index (χ1) is 24.2. The van der Waals surface area contributed by atoms with Gasteiger partial charge in [-0.1, -0.05) is 39.3 Å². The van der Waals surface area contributed by atoms with Gasteiger partial charge in [-0.15, -0.1) is 0 Å². The number of piperidine rings is 1. The Morgan fingerprint density at radius 3 is 2.39 bits per heavy atom. The summed E-state index contributed by atoms with van der Waals surface area (Å²) in [5.74, 6) is 3.80. The number of hydrogen-bond donors (Lipinski definition) is 7. The molecule has 0 unspecified atom stereocenters. The summed E-state index contributed by atoms with van der Waals surface area (Å²) in [6, 6.07) is 0. The first-order valence-electron chi connectivity index (χ1n) is 20.0. The van der Waals surface area contributed by atoms with Crippen LogP contribution in [0.4, 0.5) is 0 Å². The molecule has 21 atom stereocenters. The normalized spacial score (nSPS) is 58.4. The molecule has 0 aromatic heterocycles. The first kappa shape index (κ1) is 37.2. The highest BCUT2D eigenvalue weighted by Crippen LogP contribution is 2.70. The number of aliphatic hydroxyl groups excluding tert-OH is 6. The highest BCUT2D eigenvalue weighted by Gasteiger charge is 2.68. The number of nitrogens with one attached hydrogen (secondary N) is 1. The Morgan fingerprint density at radius 2 is 1.65 bits per heavy atom. The van der Waals surface area contributed by atoms with E-state index in [9.17, 15) is 30.6 Å². The molecule has 51 heavy (non-hydrogen) atoms. The van der Waals surface area contributed by atoms with Crippen LogP contribution in [0.2, 0.25) is 0 Å². The third kappa shape index (κ3) is 5.93. The molecule has 0 aromatic rings. The van der Waals surface area contributed by atoms with Gasteiger partial charge in [-0.3, -0.25) is 5.32 Å². The van der Waals surface area contributed by atoms with Gasteiger partial charge in [0.25, 0.3) is 0 Å². The van der Waals surface area contributed by atoms with Crippen LogP contribution < -0.4 is 5.32 Å². The second-order valence-corrected chi connectivity index (χ2v) is 18.5. The Labute approximate surface area is 302 Å².